The highest BCUT2D eigenvalue weighted by molar-refractivity contribution is 9.10. The predicted molar refractivity (Wildman–Crippen MR) is 128 cm³/mol. The number of furan rings is 1. The maximum atomic E-state index is 12.6. The third-order valence-corrected chi connectivity index (χ3v) is 6.47. The Bertz CT molecular complexity index is 1270. The minimum absolute atomic E-state index is 0.375. The number of hydrogen-bond donors (Lipinski definition) is 1. The Hall–Kier alpha value is -2.74. The Kier molecular flexibility index (Phi) is 6.65. The van der Waals surface area contributed by atoms with Crippen molar-refractivity contribution in [2.75, 3.05) is 7.11 Å². The van der Waals surface area contributed by atoms with Crippen molar-refractivity contribution in [3.05, 3.63) is 87.5 Å². The number of benzene rings is 3. The summed E-state index contributed by atoms with van der Waals surface area (Å²) in [5.41, 5.74) is 2.93. The normalized spacial score (nSPS) is 11.2. The molecule has 0 radical (unpaired) electrons. The molecule has 31 heavy (non-hydrogen) atoms. The molecular formula is C23H16BrClN2O3S. The summed E-state index contributed by atoms with van der Waals surface area (Å²) in [6.45, 7) is 0. The van der Waals surface area contributed by atoms with Gasteiger partial charge >= 0.3 is 0 Å². The van der Waals surface area contributed by atoms with Crippen LogP contribution in [-0.4, -0.2) is 19.2 Å². The zero-order chi connectivity index (χ0) is 21.8. The summed E-state index contributed by atoms with van der Waals surface area (Å²) in [5, 5.41) is 7.31. The van der Waals surface area contributed by atoms with E-state index in [1.165, 1.54) is 25.1 Å². The molecule has 156 valence electrons. The molecule has 0 unspecified atom stereocenters. The van der Waals surface area contributed by atoms with Crippen molar-refractivity contribution in [2.24, 2.45) is 5.10 Å². The van der Waals surface area contributed by atoms with Crippen molar-refractivity contribution in [1.82, 2.24) is 5.43 Å². The Labute approximate surface area is 196 Å². The van der Waals surface area contributed by atoms with Crippen LogP contribution in [0.2, 0.25) is 5.02 Å². The molecule has 4 rings (SSSR count). The monoisotopic (exact) mass is 514 g/mol. The molecule has 0 fully saturated rings. The average Bonchev–Trinajstić information content (AvgIpc) is 3.13. The minimum atomic E-state index is -0.375. The first-order valence-electron chi connectivity index (χ1n) is 9.16. The summed E-state index contributed by atoms with van der Waals surface area (Å²) in [6.07, 6.45) is 1.45. The van der Waals surface area contributed by atoms with Crippen LogP contribution in [0.25, 0.3) is 10.8 Å². The fraction of sp³-hybridized carbons (Fsp3) is 0.0435. The molecule has 1 aromatic heterocycles. The van der Waals surface area contributed by atoms with E-state index in [0.29, 0.717) is 27.2 Å². The van der Waals surface area contributed by atoms with E-state index in [-0.39, 0.29) is 5.91 Å². The number of methoxy groups -OCH3 is 1. The number of nitrogens with one attached hydrogen (secondary N) is 1. The van der Waals surface area contributed by atoms with Crippen molar-refractivity contribution in [3.63, 3.8) is 0 Å². The van der Waals surface area contributed by atoms with E-state index in [0.717, 1.165) is 20.1 Å². The van der Waals surface area contributed by atoms with E-state index >= 15 is 0 Å². The molecule has 4 aromatic rings. The third kappa shape index (κ3) is 5.12. The third-order valence-electron chi connectivity index (χ3n) is 4.37. The number of ether oxygens (including phenoxy) is 1. The largest absolute Gasteiger partial charge is 0.496 e. The molecule has 3 aromatic carbocycles. The van der Waals surface area contributed by atoms with Gasteiger partial charge in [0.05, 0.1) is 23.4 Å². The lowest BCUT2D eigenvalue weighted by molar-refractivity contribution is 0.0952. The van der Waals surface area contributed by atoms with E-state index < -0.39 is 0 Å². The minimum Gasteiger partial charge on any atom is -0.496 e. The SMILES string of the molecule is COc1cc2ccccc2cc1C(=O)N/N=C\c1cc(Br)c(Sc2ccc(Cl)cc2)o1. The number of hydrazone groups is 1. The lowest BCUT2D eigenvalue weighted by atomic mass is 10.1. The van der Waals surface area contributed by atoms with Gasteiger partial charge in [-0.1, -0.05) is 47.6 Å². The molecule has 0 saturated heterocycles. The molecule has 1 amide bonds. The van der Waals surface area contributed by atoms with E-state index in [4.69, 9.17) is 20.8 Å². The van der Waals surface area contributed by atoms with Gasteiger partial charge in [0.25, 0.3) is 5.91 Å². The summed E-state index contributed by atoms with van der Waals surface area (Å²) in [5.74, 6) is 0.600. The molecule has 0 aliphatic carbocycles. The van der Waals surface area contributed by atoms with Gasteiger partial charge in [0.1, 0.15) is 11.5 Å². The lowest BCUT2D eigenvalue weighted by Crippen LogP contribution is -2.18. The van der Waals surface area contributed by atoms with Crippen LogP contribution >= 0.6 is 39.3 Å². The van der Waals surface area contributed by atoms with Gasteiger partial charge in [-0.15, -0.1) is 0 Å². The fourth-order valence-corrected chi connectivity index (χ4v) is 4.35. The standard InChI is InChI=1S/C23H16BrClN2O3S/c1-29-21-11-15-5-3-2-4-14(15)10-19(21)22(28)27-26-13-17-12-20(24)23(30-17)31-18-8-6-16(25)7-9-18/h2-13H,1H3,(H,27,28)/b26-13-. The second kappa shape index (κ2) is 9.60. The van der Waals surface area contributed by atoms with Gasteiger partial charge in [0.15, 0.2) is 5.09 Å². The number of amides is 1. The van der Waals surface area contributed by atoms with Crippen molar-refractivity contribution >= 4 is 62.2 Å². The van der Waals surface area contributed by atoms with Crippen LogP contribution in [0, 0.1) is 0 Å². The van der Waals surface area contributed by atoms with Crippen LogP contribution in [0.15, 0.2) is 90.7 Å². The highest BCUT2D eigenvalue weighted by atomic mass is 79.9. The number of fused-ring (bicyclic) bond motifs is 1. The molecule has 0 aliphatic rings. The van der Waals surface area contributed by atoms with Crippen LogP contribution in [-0.2, 0) is 0 Å². The molecule has 0 atom stereocenters. The second-order valence-corrected chi connectivity index (χ2v) is 8.78. The molecule has 0 aliphatic heterocycles. The van der Waals surface area contributed by atoms with Gasteiger partial charge in [-0.25, -0.2) is 5.43 Å². The van der Waals surface area contributed by atoms with Crippen molar-refractivity contribution in [1.29, 1.82) is 0 Å². The first-order valence-corrected chi connectivity index (χ1v) is 11.1. The number of rotatable bonds is 6. The summed E-state index contributed by atoms with van der Waals surface area (Å²) in [4.78, 5) is 13.6. The highest BCUT2D eigenvalue weighted by Crippen LogP contribution is 2.36. The van der Waals surface area contributed by atoms with Crippen molar-refractivity contribution < 1.29 is 13.9 Å². The number of halogens is 2. The van der Waals surface area contributed by atoms with Crippen molar-refractivity contribution in [2.45, 2.75) is 9.99 Å². The van der Waals surface area contributed by atoms with Gasteiger partial charge < -0.3 is 9.15 Å². The number of carbonyl (C=O) groups is 1. The topological polar surface area (TPSA) is 63.8 Å². The van der Waals surface area contributed by atoms with Crippen LogP contribution in [0.5, 0.6) is 5.75 Å². The number of carbonyl (C=O) groups excluding carboxylic acids is 1. The molecule has 5 nitrogen and oxygen atoms in total. The quantitative estimate of drug-likeness (QED) is 0.227. The van der Waals surface area contributed by atoms with Gasteiger partial charge in [-0.3, -0.25) is 4.79 Å². The average molecular weight is 516 g/mol. The number of nitrogens with zero attached hydrogens (tertiary/aromatic N) is 1. The summed E-state index contributed by atoms with van der Waals surface area (Å²) < 4.78 is 12.0. The maximum absolute atomic E-state index is 12.6. The molecule has 1 heterocycles. The van der Waals surface area contributed by atoms with Gasteiger partial charge in [-0.05, 0) is 63.1 Å². The highest BCUT2D eigenvalue weighted by Gasteiger charge is 2.14. The van der Waals surface area contributed by atoms with E-state index in [9.17, 15) is 4.79 Å². The summed E-state index contributed by atoms with van der Waals surface area (Å²) >= 11 is 10.9. The molecule has 0 saturated carbocycles. The first-order chi connectivity index (χ1) is 15.0. The molecule has 0 spiro atoms. The number of hydrogen-bond acceptors (Lipinski definition) is 5. The molecule has 0 bridgehead atoms. The van der Waals surface area contributed by atoms with Gasteiger partial charge in [0.2, 0.25) is 0 Å². The Morgan fingerprint density at radius 3 is 2.55 bits per heavy atom. The first kappa shape index (κ1) is 21.5. The zero-order valence-electron chi connectivity index (χ0n) is 16.3. The molecule has 8 heteroatoms. The van der Waals surface area contributed by atoms with Crippen LogP contribution in [0.1, 0.15) is 16.1 Å². The summed E-state index contributed by atoms with van der Waals surface area (Å²) in [7, 11) is 1.53. The smallest absolute Gasteiger partial charge is 0.275 e. The molecular weight excluding hydrogens is 500 g/mol. The Balaban J connectivity index is 1.47. The fourth-order valence-electron chi connectivity index (χ4n) is 2.89. The molecule has 1 N–H and O–H groups in total. The Morgan fingerprint density at radius 1 is 1.13 bits per heavy atom. The van der Waals surface area contributed by atoms with Crippen LogP contribution in [0.3, 0.4) is 0 Å². The zero-order valence-corrected chi connectivity index (χ0v) is 19.4. The van der Waals surface area contributed by atoms with Gasteiger partial charge in [-0.2, -0.15) is 5.10 Å². The van der Waals surface area contributed by atoms with Crippen LogP contribution < -0.4 is 10.2 Å². The lowest BCUT2D eigenvalue weighted by Gasteiger charge is -2.09. The van der Waals surface area contributed by atoms with E-state index in [2.05, 4.69) is 26.5 Å². The van der Waals surface area contributed by atoms with E-state index in [1.54, 1.807) is 12.1 Å². The maximum Gasteiger partial charge on any atom is 0.275 e. The van der Waals surface area contributed by atoms with Crippen molar-refractivity contribution in [3.8, 4) is 5.75 Å². The Morgan fingerprint density at radius 2 is 1.84 bits per heavy atom. The predicted octanol–water partition coefficient (Wildman–Crippen LogP) is 6.77. The van der Waals surface area contributed by atoms with Gasteiger partial charge in [0, 0.05) is 16.0 Å². The summed E-state index contributed by atoms with van der Waals surface area (Å²) in [6, 6.07) is 20.6. The second-order valence-electron chi connectivity index (χ2n) is 6.44. The van der Waals surface area contributed by atoms with E-state index in [1.807, 2.05) is 54.6 Å². The van der Waals surface area contributed by atoms with Crippen LogP contribution in [0.4, 0.5) is 0 Å².